The maximum atomic E-state index is 13.6. The van der Waals surface area contributed by atoms with Crippen LogP contribution < -0.4 is 5.32 Å². The van der Waals surface area contributed by atoms with Crippen molar-refractivity contribution in [1.82, 2.24) is 5.32 Å². The van der Waals surface area contributed by atoms with E-state index in [9.17, 15) is 26.3 Å². The monoisotopic (exact) mass is 493 g/mol. The van der Waals surface area contributed by atoms with E-state index in [0.29, 0.717) is 6.61 Å². The quantitative estimate of drug-likeness (QED) is 0.366. The number of hydrogen-bond acceptors (Lipinski definition) is 2. The summed E-state index contributed by atoms with van der Waals surface area (Å²) in [6.45, 7) is 1.73. The van der Waals surface area contributed by atoms with Crippen molar-refractivity contribution in [2.75, 3.05) is 19.7 Å². The SMILES string of the molecule is FC(F)(F)c1cc(COCC2(c3ccccc3)CCNCC2)cc(-c2ccccc2C(F)(F)F)c1. The highest BCUT2D eigenvalue weighted by molar-refractivity contribution is 5.69. The molecule has 0 unspecified atom stereocenters. The summed E-state index contributed by atoms with van der Waals surface area (Å²) in [5.74, 6) is 0. The lowest BCUT2D eigenvalue weighted by atomic mass is 9.74. The molecule has 0 bridgehead atoms. The normalized spacial score (nSPS) is 16.3. The van der Waals surface area contributed by atoms with Crippen LogP contribution in [0.1, 0.15) is 35.1 Å². The highest BCUT2D eigenvalue weighted by atomic mass is 19.4. The summed E-state index contributed by atoms with van der Waals surface area (Å²) in [5, 5.41) is 3.31. The fourth-order valence-corrected chi connectivity index (χ4v) is 4.65. The molecule has 0 aliphatic carbocycles. The molecular formula is C27H25F6NO. The maximum Gasteiger partial charge on any atom is 0.417 e. The van der Waals surface area contributed by atoms with Crippen molar-refractivity contribution >= 4 is 0 Å². The summed E-state index contributed by atoms with van der Waals surface area (Å²) in [5.41, 5.74) is -1.44. The van der Waals surface area contributed by atoms with E-state index in [2.05, 4.69) is 5.32 Å². The molecule has 0 saturated carbocycles. The minimum absolute atomic E-state index is 0.146. The second-order valence-corrected chi connectivity index (χ2v) is 8.85. The van der Waals surface area contributed by atoms with Crippen molar-refractivity contribution in [2.45, 2.75) is 37.2 Å². The van der Waals surface area contributed by atoms with Crippen molar-refractivity contribution in [3.05, 3.63) is 95.1 Å². The molecule has 1 heterocycles. The lowest BCUT2D eigenvalue weighted by Crippen LogP contribution is -2.43. The predicted molar refractivity (Wildman–Crippen MR) is 122 cm³/mol. The van der Waals surface area contributed by atoms with Crippen LogP contribution in [0.15, 0.2) is 72.8 Å². The highest BCUT2D eigenvalue weighted by Crippen LogP contribution is 2.40. The molecule has 186 valence electrons. The molecule has 2 nitrogen and oxygen atoms in total. The van der Waals surface area contributed by atoms with E-state index in [0.717, 1.165) is 49.7 Å². The van der Waals surface area contributed by atoms with E-state index in [1.807, 2.05) is 30.3 Å². The average Bonchev–Trinajstić information content (AvgIpc) is 2.84. The second kappa shape index (κ2) is 10.0. The van der Waals surface area contributed by atoms with Gasteiger partial charge in [-0.15, -0.1) is 0 Å². The molecule has 0 spiro atoms. The molecule has 3 aromatic rings. The molecule has 0 aromatic heterocycles. The van der Waals surface area contributed by atoms with Crippen LogP contribution >= 0.6 is 0 Å². The van der Waals surface area contributed by atoms with Gasteiger partial charge in [-0.2, -0.15) is 26.3 Å². The van der Waals surface area contributed by atoms with E-state index >= 15 is 0 Å². The molecule has 1 aliphatic heterocycles. The molecule has 8 heteroatoms. The standard InChI is InChI=1S/C27H25F6NO/c28-26(29,30)22-15-19(14-20(16-22)23-8-4-5-9-24(23)27(31,32)33)17-35-18-25(10-12-34-13-11-25)21-6-2-1-3-7-21/h1-9,14-16,34H,10-13,17-18H2. The van der Waals surface area contributed by atoms with Gasteiger partial charge in [0.25, 0.3) is 0 Å². The van der Waals surface area contributed by atoms with Gasteiger partial charge >= 0.3 is 12.4 Å². The fraction of sp³-hybridized carbons (Fsp3) is 0.333. The first kappa shape index (κ1) is 25.3. The molecule has 3 aromatic carbocycles. The zero-order valence-corrected chi connectivity index (χ0v) is 18.8. The summed E-state index contributed by atoms with van der Waals surface area (Å²) in [6.07, 6.45) is -7.79. The van der Waals surface area contributed by atoms with Crippen molar-refractivity contribution in [1.29, 1.82) is 0 Å². The van der Waals surface area contributed by atoms with E-state index in [4.69, 9.17) is 4.74 Å². The van der Waals surface area contributed by atoms with Crippen LogP contribution in [0.25, 0.3) is 11.1 Å². The average molecular weight is 493 g/mol. The Hall–Kier alpha value is -2.84. The van der Waals surface area contributed by atoms with Crippen LogP contribution in [0.4, 0.5) is 26.3 Å². The first-order valence-electron chi connectivity index (χ1n) is 11.3. The number of piperidine rings is 1. The highest BCUT2D eigenvalue weighted by Gasteiger charge is 2.36. The zero-order chi connectivity index (χ0) is 25.1. The Morgan fingerprint density at radius 3 is 2.09 bits per heavy atom. The third-order valence-electron chi connectivity index (χ3n) is 6.46. The number of rotatable bonds is 6. The van der Waals surface area contributed by atoms with Crippen LogP contribution in [0.3, 0.4) is 0 Å². The molecule has 4 rings (SSSR count). The fourth-order valence-electron chi connectivity index (χ4n) is 4.65. The minimum Gasteiger partial charge on any atom is -0.376 e. The summed E-state index contributed by atoms with van der Waals surface area (Å²) >= 11 is 0. The number of nitrogens with one attached hydrogen (secondary N) is 1. The Bertz CT molecular complexity index is 1130. The Labute approximate surface area is 199 Å². The maximum absolute atomic E-state index is 13.6. The van der Waals surface area contributed by atoms with E-state index in [-0.39, 0.29) is 28.7 Å². The molecular weight excluding hydrogens is 468 g/mol. The largest absolute Gasteiger partial charge is 0.417 e. The summed E-state index contributed by atoms with van der Waals surface area (Å²) in [4.78, 5) is 0. The van der Waals surface area contributed by atoms with Gasteiger partial charge in [-0.1, -0.05) is 48.5 Å². The number of alkyl halides is 6. The molecule has 1 fully saturated rings. The summed E-state index contributed by atoms with van der Waals surface area (Å²) in [6, 6.07) is 17.5. The van der Waals surface area contributed by atoms with E-state index in [1.165, 1.54) is 24.3 Å². The van der Waals surface area contributed by atoms with Gasteiger partial charge in [0.15, 0.2) is 0 Å². The van der Waals surface area contributed by atoms with Gasteiger partial charge in [-0.05, 0) is 72.5 Å². The Balaban J connectivity index is 1.63. The van der Waals surface area contributed by atoms with Crippen molar-refractivity contribution < 1.29 is 31.1 Å². The topological polar surface area (TPSA) is 21.3 Å². The number of benzene rings is 3. The summed E-state index contributed by atoms with van der Waals surface area (Å²) in [7, 11) is 0. The van der Waals surface area contributed by atoms with Crippen LogP contribution in [0.5, 0.6) is 0 Å². The summed E-state index contributed by atoms with van der Waals surface area (Å²) < 4.78 is 87.4. The van der Waals surface area contributed by atoms with Crippen LogP contribution in [0, 0.1) is 0 Å². The van der Waals surface area contributed by atoms with Crippen LogP contribution in [0.2, 0.25) is 0 Å². The number of ether oxygens (including phenoxy) is 1. The van der Waals surface area contributed by atoms with Gasteiger partial charge in [0, 0.05) is 5.41 Å². The van der Waals surface area contributed by atoms with Crippen LogP contribution in [-0.2, 0) is 29.1 Å². The van der Waals surface area contributed by atoms with Crippen molar-refractivity contribution in [3.63, 3.8) is 0 Å². The van der Waals surface area contributed by atoms with E-state index < -0.39 is 23.5 Å². The number of halogens is 6. The smallest absolute Gasteiger partial charge is 0.376 e. The second-order valence-electron chi connectivity index (χ2n) is 8.85. The van der Waals surface area contributed by atoms with E-state index in [1.54, 1.807) is 0 Å². The molecule has 0 radical (unpaired) electrons. The first-order valence-corrected chi connectivity index (χ1v) is 11.3. The third kappa shape index (κ3) is 5.87. The van der Waals surface area contributed by atoms with Crippen molar-refractivity contribution in [2.24, 2.45) is 0 Å². The van der Waals surface area contributed by atoms with Gasteiger partial charge in [-0.3, -0.25) is 0 Å². The molecule has 1 aliphatic rings. The van der Waals surface area contributed by atoms with Crippen LogP contribution in [-0.4, -0.2) is 19.7 Å². The molecule has 0 atom stereocenters. The Kier molecular flexibility index (Phi) is 7.24. The third-order valence-corrected chi connectivity index (χ3v) is 6.46. The molecule has 1 saturated heterocycles. The molecule has 35 heavy (non-hydrogen) atoms. The van der Waals surface area contributed by atoms with Gasteiger partial charge in [0.05, 0.1) is 24.3 Å². The lowest BCUT2D eigenvalue weighted by molar-refractivity contribution is -0.137. The molecule has 1 N–H and O–H groups in total. The van der Waals surface area contributed by atoms with Gasteiger partial charge in [0.2, 0.25) is 0 Å². The molecule has 0 amide bonds. The Morgan fingerprint density at radius 2 is 1.43 bits per heavy atom. The van der Waals surface area contributed by atoms with Gasteiger partial charge in [-0.25, -0.2) is 0 Å². The number of hydrogen-bond donors (Lipinski definition) is 1. The Morgan fingerprint density at radius 1 is 0.771 bits per heavy atom. The van der Waals surface area contributed by atoms with Gasteiger partial charge < -0.3 is 10.1 Å². The van der Waals surface area contributed by atoms with Crippen molar-refractivity contribution in [3.8, 4) is 11.1 Å². The van der Waals surface area contributed by atoms with Gasteiger partial charge in [0.1, 0.15) is 0 Å². The zero-order valence-electron chi connectivity index (χ0n) is 18.8. The lowest BCUT2D eigenvalue weighted by Gasteiger charge is -2.38. The predicted octanol–water partition coefficient (Wildman–Crippen LogP) is 7.23. The first-order chi connectivity index (χ1) is 16.6. The minimum atomic E-state index is -4.71.